The first-order chi connectivity index (χ1) is 18.5. The van der Waals surface area contributed by atoms with Gasteiger partial charge in [-0.15, -0.1) is 0 Å². The Bertz CT molecular complexity index is 1450. The van der Waals surface area contributed by atoms with E-state index >= 15 is 4.57 Å². The van der Waals surface area contributed by atoms with E-state index in [9.17, 15) is 14.9 Å². The highest BCUT2D eigenvalue weighted by Crippen LogP contribution is 2.54. The molecule has 1 aromatic heterocycles. The summed E-state index contributed by atoms with van der Waals surface area (Å²) in [7, 11) is -1.81. The molecule has 2 aliphatic heterocycles. The summed E-state index contributed by atoms with van der Waals surface area (Å²) in [4.78, 5) is 26.6. The van der Waals surface area contributed by atoms with E-state index < -0.39 is 18.3 Å². The van der Waals surface area contributed by atoms with E-state index in [4.69, 9.17) is 9.15 Å². The van der Waals surface area contributed by atoms with Crippen LogP contribution in [0.5, 0.6) is 0 Å². The van der Waals surface area contributed by atoms with Crippen molar-refractivity contribution < 1.29 is 23.4 Å². The van der Waals surface area contributed by atoms with Gasteiger partial charge in [-0.3, -0.25) is 19.5 Å². The second-order valence-electron chi connectivity index (χ2n) is 10.4. The van der Waals surface area contributed by atoms with Crippen molar-refractivity contribution in [2.45, 2.75) is 32.2 Å². The number of nitrogens with one attached hydrogen (secondary N) is 2. The Balaban J connectivity index is 1.72. The number of nitro groups is 1. The minimum Gasteiger partial charge on any atom is -0.459 e. The summed E-state index contributed by atoms with van der Waals surface area (Å²) in [5, 5.41) is 18.2. The van der Waals surface area contributed by atoms with E-state index in [2.05, 4.69) is 36.1 Å². The van der Waals surface area contributed by atoms with Crippen LogP contribution in [0.2, 0.25) is 0 Å². The van der Waals surface area contributed by atoms with Gasteiger partial charge in [-0.25, -0.2) is 4.67 Å². The third-order valence-electron chi connectivity index (χ3n) is 7.89. The van der Waals surface area contributed by atoms with Crippen LogP contribution in [0.15, 0.2) is 59.2 Å². The maximum absolute atomic E-state index is 15.3. The van der Waals surface area contributed by atoms with Gasteiger partial charge in [-0.1, -0.05) is 26.0 Å². The van der Waals surface area contributed by atoms with Crippen LogP contribution in [-0.2, 0) is 14.7 Å². The number of para-hydroxylation sites is 2. The molecule has 2 atom stereocenters. The SMILES string of the molecule is CC1N(C)c2cc(NC(=O)c3ccco3)c(P(=O)(Nc3ccccc3[N+](=O)[O-])N3CCOCC3)cc2C1(C)C. The molecular formula is C27H32N5O6P. The van der Waals surface area contributed by atoms with Crippen LogP contribution in [0.25, 0.3) is 0 Å². The Kier molecular flexibility index (Phi) is 7.00. The number of nitro benzene ring substituents is 1. The predicted octanol–water partition coefficient (Wildman–Crippen LogP) is 4.82. The summed E-state index contributed by atoms with van der Waals surface area (Å²) in [6.45, 7) is 7.76. The van der Waals surface area contributed by atoms with Crippen molar-refractivity contribution in [1.82, 2.24) is 4.67 Å². The van der Waals surface area contributed by atoms with Gasteiger partial charge in [0, 0.05) is 43.3 Å². The first-order valence-electron chi connectivity index (χ1n) is 12.8. The fraction of sp³-hybridized carbons (Fsp3) is 0.370. The highest BCUT2D eigenvalue weighted by molar-refractivity contribution is 7.71. The number of likely N-dealkylation sites (N-methyl/N-ethyl adjacent to an activating group) is 1. The molecule has 12 heteroatoms. The number of amides is 1. The molecule has 1 fully saturated rings. The maximum Gasteiger partial charge on any atom is 0.292 e. The van der Waals surface area contributed by atoms with Crippen LogP contribution in [0, 0.1) is 10.1 Å². The molecular weight excluding hydrogens is 521 g/mol. The fourth-order valence-electron chi connectivity index (χ4n) is 5.25. The minimum absolute atomic E-state index is 0.108. The lowest BCUT2D eigenvalue weighted by Gasteiger charge is -2.36. The zero-order chi connectivity index (χ0) is 27.9. The maximum atomic E-state index is 15.3. The summed E-state index contributed by atoms with van der Waals surface area (Å²) < 4.78 is 27.9. The van der Waals surface area contributed by atoms with Crippen LogP contribution in [0.3, 0.4) is 0 Å². The van der Waals surface area contributed by atoms with Crippen molar-refractivity contribution >= 4 is 41.4 Å². The second kappa shape index (κ2) is 10.1. The second-order valence-corrected chi connectivity index (χ2v) is 12.8. The number of morpholine rings is 1. The Hall–Kier alpha value is -3.66. The largest absolute Gasteiger partial charge is 0.459 e. The van der Waals surface area contributed by atoms with E-state index in [0.717, 1.165) is 11.3 Å². The Morgan fingerprint density at radius 3 is 2.51 bits per heavy atom. The molecule has 2 aromatic carbocycles. The van der Waals surface area contributed by atoms with Crippen LogP contribution >= 0.6 is 7.44 Å². The van der Waals surface area contributed by atoms with Crippen molar-refractivity contribution in [3.8, 4) is 0 Å². The summed E-state index contributed by atoms with van der Waals surface area (Å²) in [6.07, 6.45) is 1.41. The van der Waals surface area contributed by atoms with E-state index in [1.54, 1.807) is 35.0 Å². The first kappa shape index (κ1) is 26.9. The number of hydrogen-bond donors (Lipinski definition) is 2. The number of rotatable bonds is 7. The molecule has 3 aromatic rings. The van der Waals surface area contributed by atoms with Gasteiger partial charge in [0.2, 0.25) is 0 Å². The molecule has 2 aliphatic rings. The number of benzene rings is 2. The normalized spacial score (nSPS) is 20.2. The molecule has 2 N–H and O–H groups in total. The number of ether oxygens (including phenoxy) is 1. The molecule has 0 aliphatic carbocycles. The average Bonchev–Trinajstić information content (AvgIpc) is 3.52. The van der Waals surface area contributed by atoms with Gasteiger partial charge in [0.05, 0.1) is 35.4 Å². The van der Waals surface area contributed by atoms with Gasteiger partial charge in [-0.05, 0) is 42.8 Å². The van der Waals surface area contributed by atoms with Gasteiger partial charge < -0.3 is 24.5 Å². The van der Waals surface area contributed by atoms with Gasteiger partial charge in [0.15, 0.2) is 5.76 Å². The van der Waals surface area contributed by atoms with E-state index in [0.29, 0.717) is 37.3 Å². The molecule has 206 valence electrons. The topological polar surface area (TPSA) is 130 Å². The van der Waals surface area contributed by atoms with Crippen molar-refractivity contribution in [2.75, 3.05) is 48.7 Å². The van der Waals surface area contributed by atoms with Gasteiger partial charge >= 0.3 is 0 Å². The molecule has 5 rings (SSSR count). The minimum atomic E-state index is -3.80. The highest BCUT2D eigenvalue weighted by Gasteiger charge is 2.44. The van der Waals surface area contributed by atoms with E-state index in [-0.39, 0.29) is 28.6 Å². The van der Waals surface area contributed by atoms with Crippen LogP contribution in [-0.4, -0.2) is 54.9 Å². The van der Waals surface area contributed by atoms with Crippen molar-refractivity contribution in [1.29, 1.82) is 0 Å². The number of furan rings is 1. The molecule has 11 nitrogen and oxygen atoms in total. The lowest BCUT2D eigenvalue weighted by atomic mass is 9.81. The standard InChI is InChI=1S/C27H32N5O6P/c1-18-27(2,3)19-16-25(21(17-23(19)30(18)4)28-26(33)24-10-7-13-38-24)39(36,31-11-14-37-15-12-31)29-20-8-5-6-9-22(20)32(34)35/h5-10,13,16-18H,11-12,14-15H2,1-4H3,(H,28,33)(H,29,36). The fourth-order valence-corrected chi connectivity index (χ4v) is 7.81. The Morgan fingerprint density at radius 1 is 1.13 bits per heavy atom. The molecule has 0 radical (unpaired) electrons. The lowest BCUT2D eigenvalue weighted by molar-refractivity contribution is -0.383. The van der Waals surface area contributed by atoms with Crippen LogP contribution in [0.4, 0.5) is 22.7 Å². The predicted molar refractivity (Wildman–Crippen MR) is 150 cm³/mol. The smallest absolute Gasteiger partial charge is 0.292 e. The molecule has 0 spiro atoms. The van der Waals surface area contributed by atoms with Crippen LogP contribution < -0.4 is 20.6 Å². The Labute approximate surface area is 226 Å². The summed E-state index contributed by atoms with van der Waals surface area (Å²) in [5.41, 5.74) is 1.86. The third kappa shape index (κ3) is 4.71. The molecule has 39 heavy (non-hydrogen) atoms. The summed E-state index contributed by atoms with van der Waals surface area (Å²) in [6, 6.07) is 13.1. The first-order valence-corrected chi connectivity index (χ1v) is 14.4. The quantitative estimate of drug-likeness (QED) is 0.240. The average molecular weight is 554 g/mol. The van der Waals surface area contributed by atoms with Gasteiger partial charge in [0.25, 0.3) is 19.0 Å². The number of nitrogens with zero attached hydrogens (tertiary/aromatic N) is 3. The van der Waals surface area contributed by atoms with Crippen molar-refractivity contribution in [2.24, 2.45) is 0 Å². The van der Waals surface area contributed by atoms with E-state index in [1.165, 1.54) is 12.3 Å². The molecule has 3 heterocycles. The molecule has 2 unspecified atom stereocenters. The van der Waals surface area contributed by atoms with Crippen molar-refractivity contribution in [3.05, 3.63) is 76.2 Å². The Morgan fingerprint density at radius 2 is 1.85 bits per heavy atom. The molecule has 1 amide bonds. The summed E-state index contributed by atoms with van der Waals surface area (Å²) in [5.74, 6) is -0.384. The number of carbonyl (C=O) groups excluding carboxylic acids is 1. The number of carbonyl (C=O) groups is 1. The number of anilines is 3. The monoisotopic (exact) mass is 553 g/mol. The summed E-state index contributed by atoms with van der Waals surface area (Å²) >= 11 is 0. The molecule has 0 bridgehead atoms. The van der Waals surface area contributed by atoms with Gasteiger partial charge in [0.1, 0.15) is 5.69 Å². The molecule has 1 saturated heterocycles. The number of fused-ring (bicyclic) bond motifs is 1. The van der Waals surface area contributed by atoms with Gasteiger partial charge in [-0.2, -0.15) is 0 Å². The lowest BCUT2D eigenvalue weighted by Crippen LogP contribution is -2.40. The van der Waals surface area contributed by atoms with Crippen molar-refractivity contribution in [3.63, 3.8) is 0 Å². The van der Waals surface area contributed by atoms with E-state index in [1.807, 2.05) is 19.2 Å². The zero-order valence-corrected chi connectivity index (χ0v) is 23.2. The zero-order valence-electron chi connectivity index (χ0n) is 22.3. The highest BCUT2D eigenvalue weighted by atomic mass is 31.2. The molecule has 0 saturated carbocycles. The van der Waals surface area contributed by atoms with Crippen LogP contribution in [0.1, 0.15) is 36.9 Å². The third-order valence-corrected chi connectivity index (χ3v) is 10.7. The number of hydrogen-bond acceptors (Lipinski definition) is 7.